The van der Waals surface area contributed by atoms with Crippen LogP contribution in [0.15, 0.2) is 53.0 Å². The SMILES string of the molecule is CNC(=O)CCN(C(=O)[C@@H]1C[C@H](OCC(=O)NC)CN1C(=O)[C@@H](NC(=O)c1cc2cc(C(F)(F)P(=O)(O)O)ccc2s1)C(C)(C)C)c1ccc(Br)cc1. The van der Waals surface area contributed by atoms with Crippen LogP contribution in [0.1, 0.15) is 48.8 Å². The number of halogens is 3. The maximum atomic E-state index is 14.5. The van der Waals surface area contributed by atoms with Gasteiger partial charge in [-0.15, -0.1) is 11.3 Å². The van der Waals surface area contributed by atoms with Gasteiger partial charge in [0.15, 0.2) is 0 Å². The Morgan fingerprint density at radius 2 is 1.68 bits per heavy atom. The minimum atomic E-state index is -5.83. The van der Waals surface area contributed by atoms with Crippen LogP contribution in [0, 0.1) is 5.41 Å². The Morgan fingerprint density at radius 1 is 1.04 bits per heavy atom. The molecule has 0 saturated carbocycles. The summed E-state index contributed by atoms with van der Waals surface area (Å²) in [7, 11) is -2.92. The van der Waals surface area contributed by atoms with Crippen LogP contribution in [0.2, 0.25) is 0 Å². The number of nitrogens with zero attached hydrogens (tertiary/aromatic N) is 2. The summed E-state index contributed by atoms with van der Waals surface area (Å²) < 4.78 is 47.2. The zero-order valence-electron chi connectivity index (χ0n) is 29.5. The molecule has 3 aromatic rings. The van der Waals surface area contributed by atoms with E-state index in [1.807, 2.05) is 0 Å². The van der Waals surface area contributed by atoms with Crippen molar-refractivity contribution in [2.75, 3.05) is 38.7 Å². The van der Waals surface area contributed by atoms with Crippen molar-refractivity contribution in [2.45, 2.75) is 57.5 Å². The van der Waals surface area contributed by atoms with Crippen molar-refractivity contribution < 1.29 is 51.8 Å². The number of amides is 5. The Hall–Kier alpha value is -3.80. The number of likely N-dealkylation sites (tertiary alicyclic amines) is 1. The lowest BCUT2D eigenvalue weighted by atomic mass is 9.85. The molecule has 2 heterocycles. The summed E-state index contributed by atoms with van der Waals surface area (Å²) in [4.78, 5) is 88.0. The van der Waals surface area contributed by atoms with Gasteiger partial charge in [-0.1, -0.05) is 42.8 Å². The van der Waals surface area contributed by atoms with Gasteiger partial charge in [-0.05, 0) is 53.3 Å². The number of hydrogen-bond donors (Lipinski definition) is 5. The van der Waals surface area contributed by atoms with Gasteiger partial charge in [-0.3, -0.25) is 28.5 Å². The highest BCUT2D eigenvalue weighted by Gasteiger charge is 2.50. The van der Waals surface area contributed by atoms with Gasteiger partial charge in [0, 0.05) is 60.4 Å². The molecule has 0 spiro atoms. The molecule has 5 N–H and O–H groups in total. The third-order valence-electron chi connectivity index (χ3n) is 8.65. The molecule has 14 nitrogen and oxygen atoms in total. The molecule has 4 rings (SSSR count). The molecule has 0 bridgehead atoms. The summed E-state index contributed by atoms with van der Waals surface area (Å²) in [5, 5.41) is 7.87. The van der Waals surface area contributed by atoms with Gasteiger partial charge < -0.3 is 40.3 Å². The van der Waals surface area contributed by atoms with E-state index in [2.05, 4.69) is 31.9 Å². The van der Waals surface area contributed by atoms with Crippen LogP contribution in [-0.4, -0.2) is 96.2 Å². The third-order valence-corrected chi connectivity index (χ3v) is 11.3. The van der Waals surface area contributed by atoms with Crippen molar-refractivity contribution in [1.29, 1.82) is 0 Å². The molecule has 3 atom stereocenters. The zero-order chi connectivity index (χ0) is 39.5. The molecule has 19 heteroatoms. The first-order valence-electron chi connectivity index (χ1n) is 16.4. The minimum absolute atomic E-state index is 0.0112. The van der Waals surface area contributed by atoms with E-state index in [9.17, 15) is 47.1 Å². The first-order chi connectivity index (χ1) is 24.7. The number of fused-ring (bicyclic) bond motifs is 1. The Labute approximate surface area is 316 Å². The van der Waals surface area contributed by atoms with Crippen LogP contribution in [0.5, 0.6) is 0 Å². The van der Waals surface area contributed by atoms with E-state index >= 15 is 0 Å². The van der Waals surface area contributed by atoms with Gasteiger partial charge in [0.2, 0.25) is 23.6 Å². The lowest BCUT2D eigenvalue weighted by Gasteiger charge is -2.36. The summed E-state index contributed by atoms with van der Waals surface area (Å²) in [6, 6.07) is 8.76. The molecular weight excluding hydrogens is 803 g/mol. The molecule has 1 aliphatic rings. The average molecular weight is 845 g/mol. The van der Waals surface area contributed by atoms with Gasteiger partial charge in [-0.25, -0.2) is 0 Å². The van der Waals surface area contributed by atoms with Crippen molar-refractivity contribution in [3.05, 3.63) is 63.4 Å². The van der Waals surface area contributed by atoms with E-state index in [1.54, 1.807) is 45.0 Å². The van der Waals surface area contributed by atoms with Crippen LogP contribution in [-0.2, 0) is 34.1 Å². The predicted octanol–water partition coefficient (Wildman–Crippen LogP) is 3.94. The number of benzene rings is 2. The molecule has 0 unspecified atom stereocenters. The molecule has 1 saturated heterocycles. The summed E-state index contributed by atoms with van der Waals surface area (Å²) in [6.45, 7) is 4.68. The Bertz CT molecular complexity index is 1920. The lowest BCUT2D eigenvalue weighted by Crippen LogP contribution is -2.58. The van der Waals surface area contributed by atoms with Crippen molar-refractivity contribution >= 4 is 80.2 Å². The monoisotopic (exact) mass is 843 g/mol. The number of alkyl halides is 2. The van der Waals surface area contributed by atoms with Gasteiger partial charge in [-0.2, -0.15) is 8.78 Å². The maximum Gasteiger partial charge on any atom is 0.399 e. The van der Waals surface area contributed by atoms with Crippen LogP contribution < -0.4 is 20.9 Å². The van der Waals surface area contributed by atoms with E-state index in [0.717, 1.165) is 27.9 Å². The largest absolute Gasteiger partial charge is 0.399 e. The van der Waals surface area contributed by atoms with Crippen LogP contribution in [0.4, 0.5) is 14.5 Å². The molecule has 1 fully saturated rings. The fraction of sp³-hybridized carbons (Fsp3) is 0.441. The summed E-state index contributed by atoms with van der Waals surface area (Å²) in [5.74, 6) is -2.58. The van der Waals surface area contributed by atoms with Gasteiger partial charge in [0.25, 0.3) is 5.91 Å². The van der Waals surface area contributed by atoms with E-state index in [4.69, 9.17) is 4.74 Å². The predicted molar refractivity (Wildman–Crippen MR) is 198 cm³/mol. The molecule has 53 heavy (non-hydrogen) atoms. The number of carbonyl (C=O) groups excluding carboxylic acids is 5. The summed E-state index contributed by atoms with van der Waals surface area (Å²) in [5.41, 5.74) is -5.83. The first kappa shape index (κ1) is 41.9. The Kier molecular flexibility index (Phi) is 13.2. The number of rotatable bonds is 13. The van der Waals surface area contributed by atoms with Crippen LogP contribution in [0.3, 0.4) is 0 Å². The van der Waals surface area contributed by atoms with Gasteiger partial charge in [0.05, 0.1) is 11.0 Å². The topological polar surface area (TPSA) is 195 Å². The molecule has 0 radical (unpaired) electrons. The number of thiophene rings is 1. The average Bonchev–Trinajstić information content (AvgIpc) is 3.73. The maximum absolute atomic E-state index is 14.5. The number of nitrogens with one attached hydrogen (secondary N) is 3. The first-order valence-corrected chi connectivity index (χ1v) is 19.6. The fourth-order valence-corrected chi connectivity index (χ4v) is 7.38. The Balaban J connectivity index is 1.67. The van der Waals surface area contributed by atoms with Crippen molar-refractivity contribution in [2.24, 2.45) is 5.41 Å². The molecule has 288 valence electrons. The molecule has 1 aliphatic heterocycles. The zero-order valence-corrected chi connectivity index (χ0v) is 32.8. The molecule has 2 aromatic carbocycles. The summed E-state index contributed by atoms with van der Waals surface area (Å²) in [6.07, 6.45) is -0.767. The highest BCUT2D eigenvalue weighted by atomic mass is 79.9. The van der Waals surface area contributed by atoms with E-state index in [1.165, 1.54) is 36.0 Å². The number of carbonyl (C=O) groups is 5. The second kappa shape index (κ2) is 16.7. The third kappa shape index (κ3) is 9.85. The smallest absolute Gasteiger partial charge is 0.366 e. The van der Waals surface area contributed by atoms with Gasteiger partial charge in [0.1, 0.15) is 18.7 Å². The molecule has 5 amide bonds. The van der Waals surface area contributed by atoms with Crippen molar-refractivity contribution in [3.63, 3.8) is 0 Å². The van der Waals surface area contributed by atoms with E-state index in [0.29, 0.717) is 10.4 Å². The van der Waals surface area contributed by atoms with Crippen molar-refractivity contribution in [3.8, 4) is 0 Å². The Morgan fingerprint density at radius 3 is 2.26 bits per heavy atom. The fourth-order valence-electron chi connectivity index (χ4n) is 5.69. The normalized spacial score (nSPS) is 17.0. The summed E-state index contributed by atoms with van der Waals surface area (Å²) >= 11 is 4.31. The van der Waals surface area contributed by atoms with E-state index in [-0.39, 0.29) is 48.7 Å². The molecule has 0 aliphatic carbocycles. The van der Waals surface area contributed by atoms with Gasteiger partial charge >= 0.3 is 13.3 Å². The molecule has 1 aromatic heterocycles. The van der Waals surface area contributed by atoms with Crippen LogP contribution >= 0.6 is 34.9 Å². The highest BCUT2D eigenvalue weighted by molar-refractivity contribution is 9.10. The molecular formula is C34H41BrF2N5O9PS. The highest BCUT2D eigenvalue weighted by Crippen LogP contribution is 2.59. The van der Waals surface area contributed by atoms with E-state index < -0.39 is 66.1 Å². The minimum Gasteiger partial charge on any atom is -0.366 e. The van der Waals surface area contributed by atoms with Crippen molar-refractivity contribution in [1.82, 2.24) is 20.9 Å². The standard InChI is InChI=1S/C34H41BrF2N5O9PS/c1-33(2,3)29(40-30(45)26-15-19-14-20(6-11-25(19)53-26)34(36,37)52(48,49)50)32(47)42-17-23(51-18-28(44)39-5)16-24(42)31(46)41(13-12-27(43)38-4)22-9-7-21(35)8-10-22/h6-11,14-15,23-24,29H,12-13,16-18H2,1-5H3,(H,38,43)(H,39,44)(H,40,45)(H2,48,49,50)/t23-,24-,29+/m0/s1. The quantitative estimate of drug-likeness (QED) is 0.159. The second-order valence-electron chi connectivity index (χ2n) is 13.5. The number of hydrogen-bond acceptors (Lipinski definition) is 8. The second-order valence-corrected chi connectivity index (χ2v) is 17.1. The number of ether oxygens (including phenoxy) is 1. The van der Waals surface area contributed by atoms with Crippen LogP contribution in [0.25, 0.3) is 10.1 Å². The number of likely N-dealkylation sites (N-methyl/N-ethyl adjacent to an activating group) is 1. The lowest BCUT2D eigenvalue weighted by molar-refractivity contribution is -0.141. The number of anilines is 1.